The minimum atomic E-state index is -0.519. The number of hydrogen-bond donors (Lipinski definition) is 1. The lowest BCUT2D eigenvalue weighted by molar-refractivity contribution is 0.0607. The third-order valence-corrected chi connectivity index (χ3v) is 7.64. The van der Waals surface area contributed by atoms with Gasteiger partial charge >= 0.3 is 5.69 Å². The lowest BCUT2D eigenvalue weighted by Crippen LogP contribution is -2.50. The summed E-state index contributed by atoms with van der Waals surface area (Å²) in [6.45, 7) is 8.69. The normalized spacial score (nSPS) is 20.4. The number of piperazine rings is 1. The zero-order chi connectivity index (χ0) is 23.8. The third kappa shape index (κ3) is 4.83. The Hall–Kier alpha value is -2.48. The summed E-state index contributed by atoms with van der Waals surface area (Å²) in [5.74, 6) is 1.18. The number of hydrogen-bond acceptors (Lipinski definition) is 5. The first kappa shape index (κ1) is 23.3. The van der Waals surface area contributed by atoms with Crippen molar-refractivity contribution in [2.45, 2.75) is 71.3 Å². The van der Waals surface area contributed by atoms with Crippen LogP contribution in [-0.4, -0.2) is 63.0 Å². The van der Waals surface area contributed by atoms with E-state index in [1.807, 2.05) is 24.8 Å². The van der Waals surface area contributed by atoms with E-state index in [1.165, 1.54) is 36.7 Å². The van der Waals surface area contributed by atoms with Gasteiger partial charge in [-0.05, 0) is 43.6 Å². The van der Waals surface area contributed by atoms with Crippen molar-refractivity contribution in [3.8, 4) is 0 Å². The quantitative estimate of drug-likeness (QED) is 0.705. The van der Waals surface area contributed by atoms with Gasteiger partial charge < -0.3 is 4.90 Å². The predicted octanol–water partition coefficient (Wildman–Crippen LogP) is 2.96. The molecule has 184 valence electrons. The van der Waals surface area contributed by atoms with Crippen molar-refractivity contribution in [1.82, 2.24) is 24.3 Å². The summed E-state index contributed by atoms with van der Waals surface area (Å²) in [5.41, 5.74) is 0.599. The molecule has 34 heavy (non-hydrogen) atoms. The second kappa shape index (κ2) is 9.64. The van der Waals surface area contributed by atoms with Crippen molar-refractivity contribution in [3.05, 3.63) is 38.2 Å². The Morgan fingerprint density at radius 3 is 2.41 bits per heavy atom. The Bertz CT molecular complexity index is 1170. The van der Waals surface area contributed by atoms with Crippen molar-refractivity contribution in [2.24, 2.45) is 11.8 Å². The van der Waals surface area contributed by atoms with Crippen molar-refractivity contribution in [2.75, 3.05) is 32.7 Å². The molecule has 8 nitrogen and oxygen atoms in total. The van der Waals surface area contributed by atoms with Crippen LogP contribution >= 0.6 is 0 Å². The Labute approximate surface area is 200 Å². The predicted molar refractivity (Wildman–Crippen MR) is 132 cm³/mol. The van der Waals surface area contributed by atoms with Gasteiger partial charge in [-0.15, -0.1) is 0 Å². The van der Waals surface area contributed by atoms with Gasteiger partial charge in [0.1, 0.15) is 0 Å². The molecule has 0 radical (unpaired) electrons. The van der Waals surface area contributed by atoms with Crippen molar-refractivity contribution in [1.29, 1.82) is 0 Å². The molecule has 2 aliphatic carbocycles. The molecule has 1 saturated heterocycles. The molecule has 8 heteroatoms. The maximum absolute atomic E-state index is 13.7. The topological polar surface area (TPSA) is 91.3 Å². The second-order valence-electron chi connectivity index (χ2n) is 10.9. The maximum Gasteiger partial charge on any atom is 0.330 e. The van der Waals surface area contributed by atoms with Gasteiger partial charge in [0.25, 0.3) is 11.5 Å². The molecule has 2 saturated carbocycles. The van der Waals surface area contributed by atoms with E-state index in [9.17, 15) is 14.4 Å². The Balaban J connectivity index is 1.43. The van der Waals surface area contributed by atoms with Gasteiger partial charge in [-0.1, -0.05) is 33.1 Å². The van der Waals surface area contributed by atoms with Gasteiger partial charge in [0.15, 0.2) is 5.65 Å². The zero-order valence-electron chi connectivity index (χ0n) is 20.5. The van der Waals surface area contributed by atoms with Crippen LogP contribution in [0.3, 0.4) is 0 Å². The van der Waals surface area contributed by atoms with E-state index >= 15 is 0 Å². The van der Waals surface area contributed by atoms with E-state index in [4.69, 9.17) is 4.98 Å². The molecular formula is C26H37N5O3. The first-order chi connectivity index (χ1) is 16.4. The summed E-state index contributed by atoms with van der Waals surface area (Å²) in [4.78, 5) is 50.8. The summed E-state index contributed by atoms with van der Waals surface area (Å²) >= 11 is 0. The average molecular weight is 468 g/mol. The number of H-pyrrole nitrogens is 1. The molecule has 3 heterocycles. The summed E-state index contributed by atoms with van der Waals surface area (Å²) < 4.78 is 1.53. The van der Waals surface area contributed by atoms with Crippen LogP contribution in [0.5, 0.6) is 0 Å². The SMILES string of the molecule is CC(C)Cn1c(=O)[nH]c(=O)c2c(C(=O)N3CCN(CC4CCCCC4)CC3)cc(C3CC3)nc21. The highest BCUT2D eigenvalue weighted by molar-refractivity contribution is 6.05. The molecule has 5 rings (SSSR count). The number of fused-ring (bicyclic) bond motifs is 1. The molecule has 1 amide bonds. The first-order valence-corrected chi connectivity index (χ1v) is 13.1. The fraction of sp³-hybridized carbons (Fsp3) is 0.692. The van der Waals surface area contributed by atoms with E-state index in [0.717, 1.165) is 44.1 Å². The van der Waals surface area contributed by atoms with Gasteiger partial charge in [-0.3, -0.25) is 24.0 Å². The number of nitrogens with zero attached hydrogens (tertiary/aromatic N) is 4. The van der Waals surface area contributed by atoms with E-state index in [1.54, 1.807) is 0 Å². The highest BCUT2D eigenvalue weighted by atomic mass is 16.2. The summed E-state index contributed by atoms with van der Waals surface area (Å²) in [6, 6.07) is 1.82. The lowest BCUT2D eigenvalue weighted by atomic mass is 9.89. The molecule has 2 aromatic heterocycles. The van der Waals surface area contributed by atoms with E-state index < -0.39 is 11.2 Å². The number of rotatable bonds is 6. The van der Waals surface area contributed by atoms with Crippen molar-refractivity contribution in [3.63, 3.8) is 0 Å². The number of aromatic nitrogens is 3. The molecule has 0 bridgehead atoms. The Morgan fingerprint density at radius 1 is 1.06 bits per heavy atom. The molecule has 3 aliphatic rings. The van der Waals surface area contributed by atoms with Crippen LogP contribution in [0.4, 0.5) is 0 Å². The first-order valence-electron chi connectivity index (χ1n) is 13.1. The number of carbonyl (C=O) groups is 1. The van der Waals surface area contributed by atoms with Crippen LogP contribution in [0.2, 0.25) is 0 Å². The van der Waals surface area contributed by atoms with Crippen LogP contribution in [-0.2, 0) is 6.54 Å². The standard InChI is InChI=1S/C26H37N5O3/c1-17(2)15-31-23-22(24(32)28-26(31)34)20(14-21(27-23)19-8-9-19)25(33)30-12-10-29(11-13-30)16-18-6-4-3-5-7-18/h14,17-19H,3-13,15-16H2,1-2H3,(H,28,32,34). The third-order valence-electron chi connectivity index (χ3n) is 7.64. The van der Waals surface area contributed by atoms with E-state index in [-0.39, 0.29) is 17.2 Å². The monoisotopic (exact) mass is 467 g/mol. The molecule has 1 aliphatic heterocycles. The van der Waals surface area contributed by atoms with Crippen LogP contribution in [0.15, 0.2) is 15.7 Å². The average Bonchev–Trinajstić information content (AvgIpc) is 3.67. The molecule has 2 aromatic rings. The number of nitrogens with one attached hydrogen (secondary N) is 1. The minimum Gasteiger partial charge on any atom is -0.336 e. The highest BCUT2D eigenvalue weighted by Gasteiger charge is 2.31. The zero-order valence-corrected chi connectivity index (χ0v) is 20.5. The van der Waals surface area contributed by atoms with Gasteiger partial charge in [0, 0.05) is 50.9 Å². The number of carbonyl (C=O) groups excluding carboxylic acids is 1. The fourth-order valence-corrected chi connectivity index (χ4v) is 5.62. The van der Waals surface area contributed by atoms with Gasteiger partial charge in [0.05, 0.1) is 10.9 Å². The van der Waals surface area contributed by atoms with Crippen LogP contribution < -0.4 is 11.2 Å². The fourth-order valence-electron chi connectivity index (χ4n) is 5.62. The molecule has 0 spiro atoms. The van der Waals surface area contributed by atoms with Crippen LogP contribution in [0, 0.1) is 11.8 Å². The van der Waals surface area contributed by atoms with Gasteiger partial charge in [-0.2, -0.15) is 0 Å². The van der Waals surface area contributed by atoms with E-state index in [2.05, 4.69) is 9.88 Å². The molecular weight excluding hydrogens is 430 g/mol. The second-order valence-corrected chi connectivity index (χ2v) is 10.9. The Kier molecular flexibility index (Phi) is 6.60. The molecule has 0 unspecified atom stereocenters. The van der Waals surface area contributed by atoms with Crippen LogP contribution in [0.1, 0.15) is 80.8 Å². The lowest BCUT2D eigenvalue weighted by Gasteiger charge is -2.37. The minimum absolute atomic E-state index is 0.119. The smallest absolute Gasteiger partial charge is 0.330 e. The molecule has 0 atom stereocenters. The van der Waals surface area contributed by atoms with Crippen LogP contribution in [0.25, 0.3) is 11.0 Å². The van der Waals surface area contributed by atoms with Gasteiger partial charge in [-0.25, -0.2) is 9.78 Å². The largest absolute Gasteiger partial charge is 0.336 e. The van der Waals surface area contributed by atoms with Crippen molar-refractivity contribution < 1.29 is 4.79 Å². The van der Waals surface area contributed by atoms with Gasteiger partial charge in [0.2, 0.25) is 0 Å². The van der Waals surface area contributed by atoms with E-state index in [0.29, 0.717) is 36.8 Å². The summed E-state index contributed by atoms with van der Waals surface area (Å²) in [5, 5.41) is 0.249. The maximum atomic E-state index is 13.7. The van der Waals surface area contributed by atoms with Crippen molar-refractivity contribution >= 4 is 16.9 Å². The number of aromatic amines is 1. The molecule has 1 N–H and O–H groups in total. The molecule has 0 aromatic carbocycles. The number of pyridine rings is 1. The summed E-state index contributed by atoms with van der Waals surface area (Å²) in [7, 11) is 0. The Morgan fingerprint density at radius 2 is 1.76 bits per heavy atom. The summed E-state index contributed by atoms with van der Waals surface area (Å²) in [6.07, 6.45) is 8.77. The number of amides is 1. The highest BCUT2D eigenvalue weighted by Crippen LogP contribution is 2.40. The molecule has 3 fully saturated rings.